The predicted octanol–water partition coefficient (Wildman–Crippen LogP) is 4.18. The minimum atomic E-state index is -1.70. The molecule has 150 valence electrons. The molecule has 3 unspecified atom stereocenters. The van der Waals surface area contributed by atoms with Gasteiger partial charge in [0.1, 0.15) is 6.61 Å². The van der Waals surface area contributed by atoms with Crippen LogP contribution < -0.4 is 0 Å². The van der Waals surface area contributed by atoms with Gasteiger partial charge >= 0.3 is 12.1 Å². The zero-order valence-electron chi connectivity index (χ0n) is 15.1. The monoisotopic (exact) mass is 444 g/mol. The lowest BCUT2D eigenvalue weighted by Crippen LogP contribution is -2.54. The second-order valence-corrected chi connectivity index (χ2v) is 9.76. The van der Waals surface area contributed by atoms with Crippen LogP contribution in [0.5, 0.6) is 0 Å². The number of amides is 1. The van der Waals surface area contributed by atoms with Crippen molar-refractivity contribution in [3.05, 3.63) is 35.5 Å². The van der Waals surface area contributed by atoms with Gasteiger partial charge in [0.05, 0.1) is 13.0 Å². The summed E-state index contributed by atoms with van der Waals surface area (Å²) in [5.74, 6) is -0.794. The molecular formula is C19H19Cl3N2O4. The van der Waals surface area contributed by atoms with Crippen molar-refractivity contribution in [3.8, 4) is 0 Å². The van der Waals surface area contributed by atoms with Gasteiger partial charge in [0.25, 0.3) is 0 Å². The van der Waals surface area contributed by atoms with Crippen LogP contribution in [0, 0.1) is 5.92 Å². The van der Waals surface area contributed by atoms with Gasteiger partial charge in [0.2, 0.25) is 3.79 Å². The van der Waals surface area contributed by atoms with Gasteiger partial charge in [-0.05, 0) is 30.0 Å². The summed E-state index contributed by atoms with van der Waals surface area (Å²) < 4.78 is 8.49. The third-order valence-corrected chi connectivity index (χ3v) is 5.92. The molecule has 28 heavy (non-hydrogen) atoms. The molecule has 0 saturated carbocycles. The van der Waals surface area contributed by atoms with E-state index in [4.69, 9.17) is 44.3 Å². The molecule has 0 spiro atoms. The average molecular weight is 446 g/mol. The first kappa shape index (κ1) is 19.7. The highest BCUT2D eigenvalue weighted by Gasteiger charge is 2.45. The Labute approximate surface area is 177 Å². The van der Waals surface area contributed by atoms with Gasteiger partial charge in [-0.1, -0.05) is 46.9 Å². The smallest absolute Gasteiger partial charge is 0.410 e. The highest BCUT2D eigenvalue weighted by atomic mass is 35.6. The summed E-state index contributed by atoms with van der Waals surface area (Å²) in [5, 5.41) is 1.17. The molecule has 1 aromatic heterocycles. The second-order valence-electron chi connectivity index (χ2n) is 7.24. The first-order valence-electron chi connectivity index (χ1n) is 8.95. The van der Waals surface area contributed by atoms with E-state index >= 15 is 0 Å². The SMILES string of the molecule is COC(=O)C1CC2c3cccc4[nH]cc(c34)CC2N(C(=O)OCC(Cl)(Cl)Cl)C1. The Morgan fingerprint density at radius 3 is 2.82 bits per heavy atom. The normalized spacial score (nSPS) is 24.0. The average Bonchev–Trinajstić information content (AvgIpc) is 3.08. The van der Waals surface area contributed by atoms with Gasteiger partial charge in [-0.15, -0.1) is 0 Å². The molecule has 9 heteroatoms. The summed E-state index contributed by atoms with van der Waals surface area (Å²) in [7, 11) is 1.35. The van der Waals surface area contributed by atoms with Crippen molar-refractivity contribution < 1.29 is 19.1 Å². The van der Waals surface area contributed by atoms with E-state index in [1.807, 2.05) is 18.3 Å². The number of likely N-dealkylation sites (tertiary alicyclic amines) is 1. The topological polar surface area (TPSA) is 71.6 Å². The molecule has 1 saturated heterocycles. The molecular weight excluding hydrogens is 427 g/mol. The van der Waals surface area contributed by atoms with E-state index in [-0.39, 0.29) is 31.1 Å². The van der Waals surface area contributed by atoms with Crippen LogP contribution >= 0.6 is 34.8 Å². The largest absolute Gasteiger partial charge is 0.469 e. The van der Waals surface area contributed by atoms with Gasteiger partial charge in [-0.3, -0.25) is 4.79 Å². The number of carbonyl (C=O) groups excluding carboxylic acids is 2. The van der Waals surface area contributed by atoms with Gasteiger partial charge in [-0.2, -0.15) is 0 Å². The molecule has 2 heterocycles. The minimum Gasteiger partial charge on any atom is -0.469 e. The number of nitrogens with zero attached hydrogens (tertiary/aromatic N) is 1. The summed E-state index contributed by atoms with van der Waals surface area (Å²) >= 11 is 17.2. The molecule has 4 rings (SSSR count). The maximum atomic E-state index is 12.8. The summed E-state index contributed by atoms with van der Waals surface area (Å²) in [6.45, 7) is -0.152. The van der Waals surface area contributed by atoms with Crippen LogP contribution in [-0.4, -0.2) is 52.0 Å². The predicted molar refractivity (Wildman–Crippen MR) is 107 cm³/mol. The third kappa shape index (κ3) is 3.53. The quantitative estimate of drug-likeness (QED) is 0.556. The lowest BCUT2D eigenvalue weighted by atomic mass is 9.72. The standard InChI is InChI=1S/C19H19Cl3N2O4/c1-27-17(25)11-5-13-12-3-2-4-14-16(12)10(7-23-14)6-15(13)24(8-11)18(26)28-9-19(20,21)22/h2-4,7,11,13,15,23H,5-6,8-9H2,1H3. The molecule has 0 bridgehead atoms. The first-order chi connectivity index (χ1) is 13.3. The number of methoxy groups -OCH3 is 1. The zero-order chi connectivity index (χ0) is 20.1. The number of esters is 1. The fraction of sp³-hybridized carbons (Fsp3) is 0.474. The van der Waals surface area contributed by atoms with Gasteiger partial charge < -0.3 is 19.4 Å². The highest BCUT2D eigenvalue weighted by molar-refractivity contribution is 6.67. The lowest BCUT2D eigenvalue weighted by Gasteiger charge is -2.45. The van der Waals surface area contributed by atoms with Crippen LogP contribution in [-0.2, 0) is 20.7 Å². The van der Waals surface area contributed by atoms with Crippen molar-refractivity contribution in [1.82, 2.24) is 9.88 Å². The van der Waals surface area contributed by atoms with Gasteiger partial charge in [0.15, 0.2) is 0 Å². The number of hydrogen-bond acceptors (Lipinski definition) is 4. The van der Waals surface area contributed by atoms with Crippen molar-refractivity contribution in [3.63, 3.8) is 0 Å². The minimum absolute atomic E-state index is 0.00911. The molecule has 1 N–H and O–H groups in total. The molecule has 3 atom stereocenters. The van der Waals surface area contributed by atoms with Crippen molar-refractivity contribution in [2.75, 3.05) is 20.3 Å². The molecule has 1 aromatic carbocycles. The van der Waals surface area contributed by atoms with Crippen LogP contribution in [0.25, 0.3) is 10.9 Å². The van der Waals surface area contributed by atoms with E-state index in [1.54, 1.807) is 4.90 Å². The molecule has 1 amide bonds. The number of H-pyrrole nitrogens is 1. The van der Waals surface area contributed by atoms with Gasteiger partial charge in [-0.25, -0.2) is 4.79 Å². The summed E-state index contributed by atoms with van der Waals surface area (Å²) in [6, 6.07) is 5.92. The number of benzene rings is 1. The summed E-state index contributed by atoms with van der Waals surface area (Å²) in [4.78, 5) is 30.0. The molecule has 2 aromatic rings. The second kappa shape index (κ2) is 7.32. The number of ether oxygens (including phenoxy) is 2. The number of aromatic nitrogens is 1. The fourth-order valence-electron chi connectivity index (χ4n) is 4.47. The zero-order valence-corrected chi connectivity index (χ0v) is 17.4. The number of fused-ring (bicyclic) bond motifs is 2. The van der Waals surface area contributed by atoms with Crippen LogP contribution in [0.4, 0.5) is 4.79 Å². The molecule has 1 fully saturated rings. The Kier molecular flexibility index (Phi) is 5.14. The Balaban J connectivity index is 1.69. The molecule has 6 nitrogen and oxygen atoms in total. The maximum absolute atomic E-state index is 12.8. The fourth-order valence-corrected chi connectivity index (χ4v) is 4.63. The van der Waals surface area contributed by atoms with Crippen molar-refractivity contribution in [2.24, 2.45) is 5.92 Å². The van der Waals surface area contributed by atoms with E-state index in [9.17, 15) is 9.59 Å². The van der Waals surface area contributed by atoms with Crippen molar-refractivity contribution >= 4 is 57.8 Å². The van der Waals surface area contributed by atoms with E-state index in [0.717, 1.165) is 16.6 Å². The summed E-state index contributed by atoms with van der Waals surface area (Å²) in [5.41, 5.74) is 3.32. The Morgan fingerprint density at radius 2 is 2.11 bits per heavy atom. The van der Waals surface area contributed by atoms with Crippen LogP contribution in [0.3, 0.4) is 0 Å². The highest BCUT2D eigenvalue weighted by Crippen LogP contribution is 2.45. The number of aromatic amines is 1. The summed E-state index contributed by atoms with van der Waals surface area (Å²) in [6.07, 6.45) is 2.65. The van der Waals surface area contributed by atoms with Crippen molar-refractivity contribution in [1.29, 1.82) is 0 Å². The number of hydrogen-bond donors (Lipinski definition) is 1. The van der Waals surface area contributed by atoms with Crippen LogP contribution in [0.15, 0.2) is 24.4 Å². The van der Waals surface area contributed by atoms with E-state index < -0.39 is 15.8 Å². The number of rotatable bonds is 2. The lowest BCUT2D eigenvalue weighted by molar-refractivity contribution is -0.148. The molecule has 1 aliphatic carbocycles. The Bertz CT molecular complexity index is 924. The number of carbonyl (C=O) groups is 2. The Morgan fingerprint density at radius 1 is 1.32 bits per heavy atom. The number of halogens is 3. The third-order valence-electron chi connectivity index (χ3n) is 5.60. The van der Waals surface area contributed by atoms with Crippen LogP contribution in [0.1, 0.15) is 23.5 Å². The number of alkyl halides is 3. The van der Waals surface area contributed by atoms with Crippen LogP contribution in [0.2, 0.25) is 0 Å². The molecule has 0 radical (unpaired) electrons. The first-order valence-corrected chi connectivity index (χ1v) is 10.1. The number of piperidine rings is 1. The van der Waals surface area contributed by atoms with Gasteiger partial charge in [0, 0.05) is 35.6 Å². The Hall–Kier alpha value is -1.63. The molecule has 2 aliphatic rings. The number of nitrogens with one attached hydrogen (secondary N) is 1. The maximum Gasteiger partial charge on any atom is 0.410 e. The van der Waals surface area contributed by atoms with E-state index in [1.165, 1.54) is 12.5 Å². The van der Waals surface area contributed by atoms with E-state index in [0.29, 0.717) is 12.8 Å². The van der Waals surface area contributed by atoms with E-state index in [2.05, 4.69) is 11.1 Å². The molecule has 1 aliphatic heterocycles. The van der Waals surface area contributed by atoms with Crippen molar-refractivity contribution in [2.45, 2.75) is 28.6 Å².